The number of aliphatic hydroxyl groups is 1. The van der Waals surface area contributed by atoms with Crippen molar-refractivity contribution in [1.82, 2.24) is 0 Å². The van der Waals surface area contributed by atoms with E-state index in [2.05, 4.69) is 161 Å². The Morgan fingerprint density at radius 1 is 0.296 bits per heavy atom. The van der Waals surface area contributed by atoms with Crippen LogP contribution in [0.1, 0.15) is 285 Å². The molecular weight excluding hydrogens is 1280 g/mol. The van der Waals surface area contributed by atoms with Crippen molar-refractivity contribution < 1.29 is 80.2 Å². The van der Waals surface area contributed by atoms with Gasteiger partial charge in [0, 0.05) is 25.7 Å². The van der Waals surface area contributed by atoms with Gasteiger partial charge in [0.25, 0.3) is 0 Å². The summed E-state index contributed by atoms with van der Waals surface area (Å²) in [5.41, 5.74) is 0. The van der Waals surface area contributed by atoms with Crippen molar-refractivity contribution in [2.24, 2.45) is 0 Å². The van der Waals surface area contributed by atoms with Gasteiger partial charge < -0.3 is 33.8 Å². The van der Waals surface area contributed by atoms with E-state index in [1.807, 2.05) is 0 Å². The molecule has 0 aromatic heterocycles. The average molecular weight is 1420 g/mol. The third kappa shape index (κ3) is 69.7. The molecule has 19 heteroatoms. The molecule has 5 atom stereocenters. The Morgan fingerprint density at radius 3 is 0.837 bits per heavy atom. The van der Waals surface area contributed by atoms with Crippen LogP contribution in [0.5, 0.6) is 0 Å². The number of esters is 4. The van der Waals surface area contributed by atoms with E-state index < -0.39 is 97.5 Å². The van der Waals surface area contributed by atoms with Crippen LogP contribution in [-0.2, 0) is 65.4 Å². The number of hydrogen-bond donors (Lipinski definition) is 3. The summed E-state index contributed by atoms with van der Waals surface area (Å²) in [6.07, 6.45) is 77.4. The first-order chi connectivity index (χ1) is 47.7. The Bertz CT molecular complexity index is 2380. The van der Waals surface area contributed by atoms with Crippen LogP contribution < -0.4 is 0 Å². The third-order valence-corrected chi connectivity index (χ3v) is 17.0. The molecule has 0 aromatic carbocycles. The Kier molecular flexibility index (Phi) is 67.2. The van der Waals surface area contributed by atoms with E-state index in [1.54, 1.807) is 0 Å². The molecular formula is C79H132O17P2. The fourth-order valence-electron chi connectivity index (χ4n) is 9.51. The molecule has 0 fully saturated rings. The van der Waals surface area contributed by atoms with Crippen LogP contribution in [0.15, 0.2) is 134 Å². The minimum absolute atomic E-state index is 0.0629. The van der Waals surface area contributed by atoms with Crippen LogP contribution >= 0.6 is 15.6 Å². The molecule has 0 saturated heterocycles. The van der Waals surface area contributed by atoms with Gasteiger partial charge in [-0.25, -0.2) is 9.13 Å². The number of allylic oxidation sites excluding steroid dienone is 22. The number of ether oxygens (including phenoxy) is 4. The lowest BCUT2D eigenvalue weighted by Gasteiger charge is -2.21. The highest BCUT2D eigenvalue weighted by atomic mass is 31.2. The van der Waals surface area contributed by atoms with Gasteiger partial charge in [-0.3, -0.25) is 37.3 Å². The van der Waals surface area contributed by atoms with Crippen LogP contribution in [-0.4, -0.2) is 96.7 Å². The Labute approximate surface area is 593 Å². The van der Waals surface area contributed by atoms with Crippen LogP contribution in [0.3, 0.4) is 0 Å². The van der Waals surface area contributed by atoms with Gasteiger partial charge in [0.05, 0.1) is 26.4 Å². The fraction of sp³-hybridized carbons (Fsp3) is 0.671. The van der Waals surface area contributed by atoms with Crippen molar-refractivity contribution >= 4 is 39.5 Å². The Balaban J connectivity index is 5.40. The summed E-state index contributed by atoms with van der Waals surface area (Å²) in [6.45, 7) is 4.42. The number of rotatable bonds is 69. The standard InChI is InChI=1S/C79H132O17P2/c1-5-9-13-17-21-25-29-32-35-36-39-41-45-48-52-56-60-64-77(82)89-69-74(95-78(83)65-61-57-53-49-43-28-24-20-16-12-8-4)71-93-97(85,86)91-67-73(80)68-92-98(87,88)94-72-75(96-79(84)66-62-58-54-50-46-42-38-34-31-27-23-19-15-11-7-3)70-90-76(81)63-59-55-51-47-44-40-37-33-30-26-22-18-14-10-6-2/h9-11,13-15,21-23,25-27,32-35,37-39,41,44,47,73-75,80H,5-8,12,16-20,24,28-31,36,40,42-43,45-46,48-72H2,1-4H3,(H,85,86)(H,87,88)/b13-9-,14-10-,15-11-,25-21-,26-22-,27-23-,35-32-,37-33-,38-34-,41-39-,47-44-. The minimum Gasteiger partial charge on any atom is -0.462 e. The second-order valence-electron chi connectivity index (χ2n) is 24.5. The van der Waals surface area contributed by atoms with E-state index >= 15 is 0 Å². The number of aliphatic hydroxyl groups excluding tert-OH is 1. The molecule has 0 amide bonds. The van der Waals surface area contributed by atoms with Gasteiger partial charge in [-0.2, -0.15) is 0 Å². The number of carbonyl (C=O) groups is 4. The van der Waals surface area contributed by atoms with Crippen molar-refractivity contribution in [3.05, 3.63) is 134 Å². The minimum atomic E-state index is -4.99. The van der Waals surface area contributed by atoms with Gasteiger partial charge in [-0.1, -0.05) is 258 Å². The summed E-state index contributed by atoms with van der Waals surface area (Å²) in [4.78, 5) is 72.8. The van der Waals surface area contributed by atoms with Gasteiger partial charge in [-0.05, 0) is 135 Å². The first kappa shape index (κ1) is 93.2. The molecule has 560 valence electrons. The molecule has 98 heavy (non-hydrogen) atoms. The van der Waals surface area contributed by atoms with E-state index in [0.29, 0.717) is 25.7 Å². The quantitative estimate of drug-likeness (QED) is 0.0169. The van der Waals surface area contributed by atoms with Crippen molar-refractivity contribution in [1.29, 1.82) is 0 Å². The van der Waals surface area contributed by atoms with Gasteiger partial charge in [0.1, 0.15) is 19.3 Å². The molecule has 3 N–H and O–H groups in total. The van der Waals surface area contributed by atoms with Crippen LogP contribution in [0, 0.1) is 0 Å². The van der Waals surface area contributed by atoms with Gasteiger partial charge in [-0.15, -0.1) is 0 Å². The summed E-state index contributed by atoms with van der Waals surface area (Å²) in [7, 11) is -9.97. The topological polar surface area (TPSA) is 237 Å². The maximum Gasteiger partial charge on any atom is 0.472 e. The lowest BCUT2D eigenvalue weighted by Crippen LogP contribution is -2.30. The van der Waals surface area contributed by atoms with Gasteiger partial charge >= 0.3 is 39.5 Å². The van der Waals surface area contributed by atoms with Crippen molar-refractivity contribution in [3.63, 3.8) is 0 Å². The zero-order chi connectivity index (χ0) is 71.8. The summed E-state index contributed by atoms with van der Waals surface area (Å²) in [5, 5.41) is 10.6. The first-order valence-electron chi connectivity index (χ1n) is 37.4. The molecule has 0 aliphatic carbocycles. The number of unbranched alkanes of at least 4 members (excludes halogenated alkanes) is 21. The number of hydrogen-bond acceptors (Lipinski definition) is 15. The molecule has 0 aliphatic rings. The third-order valence-electron chi connectivity index (χ3n) is 15.1. The second-order valence-corrected chi connectivity index (χ2v) is 27.4. The molecule has 0 aliphatic heterocycles. The Hall–Kier alpha value is -4.80. The van der Waals surface area contributed by atoms with Crippen molar-refractivity contribution in [3.8, 4) is 0 Å². The maximum absolute atomic E-state index is 13.1. The monoisotopic (exact) mass is 1410 g/mol. The highest BCUT2D eigenvalue weighted by molar-refractivity contribution is 7.47. The van der Waals surface area contributed by atoms with Crippen LogP contribution in [0.4, 0.5) is 0 Å². The van der Waals surface area contributed by atoms with Gasteiger partial charge in [0.15, 0.2) is 12.2 Å². The van der Waals surface area contributed by atoms with E-state index in [1.165, 1.54) is 38.5 Å². The zero-order valence-corrected chi connectivity index (χ0v) is 62.7. The highest BCUT2D eigenvalue weighted by Crippen LogP contribution is 2.45. The summed E-state index contributed by atoms with van der Waals surface area (Å²) >= 11 is 0. The highest BCUT2D eigenvalue weighted by Gasteiger charge is 2.30. The summed E-state index contributed by atoms with van der Waals surface area (Å²) in [5.74, 6) is -2.27. The van der Waals surface area contributed by atoms with E-state index in [4.69, 9.17) is 37.0 Å². The molecule has 0 saturated carbocycles. The molecule has 0 radical (unpaired) electrons. The molecule has 17 nitrogen and oxygen atoms in total. The Morgan fingerprint density at radius 2 is 0.531 bits per heavy atom. The van der Waals surface area contributed by atoms with E-state index in [-0.39, 0.29) is 25.7 Å². The van der Waals surface area contributed by atoms with Gasteiger partial charge in [0.2, 0.25) is 0 Å². The van der Waals surface area contributed by atoms with Crippen LogP contribution in [0.2, 0.25) is 0 Å². The maximum atomic E-state index is 13.1. The molecule has 0 spiro atoms. The molecule has 0 rings (SSSR count). The lowest BCUT2D eigenvalue weighted by atomic mass is 10.1. The SMILES string of the molecule is CC/C=C\C/C=C\C/C=C\C/C=C\CCCCCCC(=O)OCC(COP(=O)(O)OCC(O)COP(=O)(O)OCC(COC(=O)CCCC/C=C\C/C=C\C/C=C\C/C=C\CC)OC(=O)CCCCCCC/C=C\C/C=C\C/C=C\CC)OC(=O)CCCCCCCCCCCCC. The number of phosphoric acid groups is 2. The smallest absolute Gasteiger partial charge is 0.462 e. The first-order valence-corrected chi connectivity index (χ1v) is 40.4. The average Bonchev–Trinajstić information content (AvgIpc) is 0.986. The molecule has 0 aromatic rings. The normalized spacial score (nSPS) is 14.7. The summed E-state index contributed by atoms with van der Waals surface area (Å²) < 4.78 is 68.3. The largest absolute Gasteiger partial charge is 0.472 e. The van der Waals surface area contributed by atoms with Crippen molar-refractivity contribution in [2.75, 3.05) is 39.6 Å². The molecule has 0 bridgehead atoms. The van der Waals surface area contributed by atoms with Crippen molar-refractivity contribution in [2.45, 2.75) is 303 Å². The molecule has 5 unspecified atom stereocenters. The number of phosphoric ester groups is 2. The summed E-state index contributed by atoms with van der Waals surface area (Å²) in [6, 6.07) is 0. The predicted molar refractivity (Wildman–Crippen MR) is 399 cm³/mol. The zero-order valence-electron chi connectivity index (χ0n) is 60.9. The fourth-order valence-corrected chi connectivity index (χ4v) is 11.1. The second kappa shape index (κ2) is 70.6. The van der Waals surface area contributed by atoms with E-state index in [9.17, 15) is 43.2 Å². The lowest BCUT2D eigenvalue weighted by molar-refractivity contribution is -0.161. The van der Waals surface area contributed by atoms with Crippen LogP contribution in [0.25, 0.3) is 0 Å². The van der Waals surface area contributed by atoms with E-state index in [0.717, 1.165) is 167 Å². The predicted octanol–water partition coefficient (Wildman–Crippen LogP) is 21.3. The molecule has 0 heterocycles. The number of carbonyl (C=O) groups excluding carboxylic acids is 4.